The summed E-state index contributed by atoms with van der Waals surface area (Å²) in [7, 11) is 0. The van der Waals surface area contributed by atoms with E-state index in [9.17, 15) is 13.2 Å². The van der Waals surface area contributed by atoms with E-state index in [0.717, 1.165) is 19.3 Å². The topological polar surface area (TPSA) is 35.2 Å². The van der Waals surface area contributed by atoms with Crippen molar-refractivity contribution >= 4 is 0 Å². The normalized spacial score (nSPS) is 16.4. The molecule has 0 aliphatic carbocycles. The molecule has 15 heavy (non-hydrogen) atoms. The third-order valence-corrected chi connectivity index (χ3v) is 2.10. The lowest BCUT2D eigenvalue weighted by atomic mass is 10.2. The van der Waals surface area contributed by atoms with Crippen molar-refractivity contribution in [3.8, 4) is 0 Å². The molecule has 5 heteroatoms. The third-order valence-electron chi connectivity index (χ3n) is 2.10. The number of unbranched alkanes of at least 4 members (excludes halogenated alkanes) is 3. The molecule has 0 saturated carbocycles. The molecule has 0 heterocycles. The molecule has 2 N–H and O–H groups in total. The zero-order valence-electron chi connectivity index (χ0n) is 9.31. The van der Waals surface area contributed by atoms with Crippen molar-refractivity contribution in [3.63, 3.8) is 0 Å². The second kappa shape index (κ2) is 7.06. The Kier molecular flexibility index (Phi) is 6.92. The Morgan fingerprint density at radius 3 is 2.20 bits per heavy atom. The van der Waals surface area contributed by atoms with Crippen molar-refractivity contribution in [1.82, 2.24) is 0 Å². The first-order valence-electron chi connectivity index (χ1n) is 5.33. The first kappa shape index (κ1) is 14.7. The van der Waals surface area contributed by atoms with Gasteiger partial charge in [-0.25, -0.2) is 0 Å². The predicted octanol–water partition coefficient (Wildman–Crippen LogP) is 2.86. The van der Waals surface area contributed by atoms with Gasteiger partial charge in [-0.2, -0.15) is 13.2 Å². The molecule has 0 aliphatic heterocycles. The van der Waals surface area contributed by atoms with Gasteiger partial charge in [0.25, 0.3) is 0 Å². The number of hydrogen-bond donors (Lipinski definition) is 1. The standard InChI is InChI=1S/C10H20F3NO/c1-3-4-5-6-7-15-9(8(2)14)10(11,12)13/h8-9H,3-7,14H2,1-2H3. The summed E-state index contributed by atoms with van der Waals surface area (Å²) in [4.78, 5) is 0. The lowest BCUT2D eigenvalue weighted by molar-refractivity contribution is -0.225. The van der Waals surface area contributed by atoms with Crippen LogP contribution in [0.5, 0.6) is 0 Å². The van der Waals surface area contributed by atoms with E-state index >= 15 is 0 Å². The quantitative estimate of drug-likeness (QED) is 0.679. The molecule has 2 atom stereocenters. The fraction of sp³-hybridized carbons (Fsp3) is 1.00. The van der Waals surface area contributed by atoms with Gasteiger partial charge in [0.1, 0.15) is 0 Å². The van der Waals surface area contributed by atoms with E-state index < -0.39 is 18.3 Å². The summed E-state index contributed by atoms with van der Waals surface area (Å²) in [6, 6.07) is -1.02. The van der Waals surface area contributed by atoms with Crippen LogP contribution in [0.15, 0.2) is 0 Å². The molecule has 0 saturated heterocycles. The number of alkyl halides is 3. The SMILES string of the molecule is CCCCCCOC(C(C)N)C(F)(F)F. The minimum absolute atomic E-state index is 0.131. The van der Waals surface area contributed by atoms with Gasteiger partial charge in [-0.3, -0.25) is 0 Å². The average molecular weight is 227 g/mol. The molecule has 0 aliphatic rings. The van der Waals surface area contributed by atoms with Crippen molar-refractivity contribution in [1.29, 1.82) is 0 Å². The van der Waals surface area contributed by atoms with Crippen molar-refractivity contribution < 1.29 is 17.9 Å². The van der Waals surface area contributed by atoms with Crippen LogP contribution >= 0.6 is 0 Å². The largest absolute Gasteiger partial charge is 0.416 e. The first-order chi connectivity index (χ1) is 6.89. The molecule has 2 nitrogen and oxygen atoms in total. The van der Waals surface area contributed by atoms with Gasteiger partial charge < -0.3 is 10.5 Å². The number of nitrogens with two attached hydrogens (primary N) is 1. The van der Waals surface area contributed by atoms with Gasteiger partial charge in [0.2, 0.25) is 0 Å². The molecule has 0 rings (SSSR count). The summed E-state index contributed by atoms with van der Waals surface area (Å²) in [5.74, 6) is 0. The zero-order valence-corrected chi connectivity index (χ0v) is 9.31. The summed E-state index contributed by atoms with van der Waals surface area (Å²) < 4.78 is 41.8. The van der Waals surface area contributed by atoms with E-state index in [1.54, 1.807) is 0 Å². The number of halogens is 3. The van der Waals surface area contributed by atoms with Crippen LogP contribution in [0.1, 0.15) is 39.5 Å². The maximum absolute atomic E-state index is 12.3. The lowest BCUT2D eigenvalue weighted by Gasteiger charge is -2.23. The predicted molar refractivity (Wildman–Crippen MR) is 53.6 cm³/mol. The van der Waals surface area contributed by atoms with E-state index in [1.807, 2.05) is 6.92 Å². The van der Waals surface area contributed by atoms with Crippen LogP contribution in [0.3, 0.4) is 0 Å². The Hall–Kier alpha value is -0.290. The highest BCUT2D eigenvalue weighted by Gasteiger charge is 2.42. The molecule has 92 valence electrons. The number of rotatable bonds is 7. The first-order valence-corrected chi connectivity index (χ1v) is 5.33. The fourth-order valence-electron chi connectivity index (χ4n) is 1.28. The average Bonchev–Trinajstić information content (AvgIpc) is 2.08. The molecule has 0 fully saturated rings. The molecule has 0 amide bonds. The van der Waals surface area contributed by atoms with E-state index in [4.69, 9.17) is 10.5 Å². The Bertz CT molecular complexity index is 159. The van der Waals surface area contributed by atoms with Crippen LogP contribution in [-0.2, 0) is 4.74 Å². The van der Waals surface area contributed by atoms with Crippen LogP contribution < -0.4 is 5.73 Å². The monoisotopic (exact) mass is 227 g/mol. The molecular weight excluding hydrogens is 207 g/mol. The van der Waals surface area contributed by atoms with Gasteiger partial charge >= 0.3 is 6.18 Å². The van der Waals surface area contributed by atoms with Crippen LogP contribution in [0, 0.1) is 0 Å². The summed E-state index contributed by atoms with van der Waals surface area (Å²) in [5.41, 5.74) is 5.22. The van der Waals surface area contributed by atoms with Crippen LogP contribution in [0.25, 0.3) is 0 Å². The molecular formula is C10H20F3NO. The molecule has 0 bridgehead atoms. The van der Waals surface area contributed by atoms with Gasteiger partial charge in [0, 0.05) is 12.6 Å². The zero-order chi connectivity index (χ0) is 11.9. The Labute approximate surface area is 89.0 Å². The molecule has 0 aromatic heterocycles. The highest BCUT2D eigenvalue weighted by molar-refractivity contribution is 4.76. The van der Waals surface area contributed by atoms with Crippen LogP contribution in [0.4, 0.5) is 13.2 Å². The Balaban J connectivity index is 3.78. The molecule has 2 unspecified atom stereocenters. The fourth-order valence-corrected chi connectivity index (χ4v) is 1.28. The second-order valence-corrected chi connectivity index (χ2v) is 3.75. The van der Waals surface area contributed by atoms with Crippen molar-refractivity contribution in [2.45, 2.75) is 57.9 Å². The minimum atomic E-state index is -4.36. The van der Waals surface area contributed by atoms with Crippen LogP contribution in [-0.4, -0.2) is 24.9 Å². The van der Waals surface area contributed by atoms with Crippen LogP contribution in [0.2, 0.25) is 0 Å². The van der Waals surface area contributed by atoms with Gasteiger partial charge in [0.15, 0.2) is 6.10 Å². The van der Waals surface area contributed by atoms with Crippen molar-refractivity contribution in [2.24, 2.45) is 5.73 Å². The van der Waals surface area contributed by atoms with Gasteiger partial charge in [-0.1, -0.05) is 26.2 Å². The van der Waals surface area contributed by atoms with Crippen molar-refractivity contribution in [3.05, 3.63) is 0 Å². The number of hydrogen-bond acceptors (Lipinski definition) is 2. The maximum Gasteiger partial charge on any atom is 0.416 e. The lowest BCUT2D eigenvalue weighted by Crippen LogP contribution is -2.45. The third kappa shape index (κ3) is 6.73. The highest BCUT2D eigenvalue weighted by Crippen LogP contribution is 2.24. The smallest absolute Gasteiger partial charge is 0.367 e. The summed E-state index contributed by atoms with van der Waals surface area (Å²) >= 11 is 0. The summed E-state index contributed by atoms with van der Waals surface area (Å²) in [6.45, 7) is 3.48. The highest BCUT2D eigenvalue weighted by atomic mass is 19.4. The van der Waals surface area contributed by atoms with E-state index in [-0.39, 0.29) is 6.61 Å². The van der Waals surface area contributed by atoms with Gasteiger partial charge in [0.05, 0.1) is 0 Å². The molecule has 0 radical (unpaired) electrons. The molecule has 0 spiro atoms. The summed E-state index contributed by atoms with van der Waals surface area (Å²) in [5, 5.41) is 0. The Morgan fingerprint density at radius 2 is 1.80 bits per heavy atom. The molecule has 0 aromatic rings. The van der Waals surface area contributed by atoms with E-state index in [0.29, 0.717) is 6.42 Å². The number of ether oxygens (including phenoxy) is 1. The van der Waals surface area contributed by atoms with Crippen molar-refractivity contribution in [2.75, 3.05) is 6.61 Å². The maximum atomic E-state index is 12.3. The van der Waals surface area contributed by atoms with Gasteiger partial charge in [-0.15, -0.1) is 0 Å². The second-order valence-electron chi connectivity index (χ2n) is 3.75. The van der Waals surface area contributed by atoms with E-state index in [1.165, 1.54) is 6.92 Å². The molecule has 0 aromatic carbocycles. The Morgan fingerprint density at radius 1 is 1.20 bits per heavy atom. The van der Waals surface area contributed by atoms with E-state index in [2.05, 4.69) is 0 Å². The minimum Gasteiger partial charge on any atom is -0.367 e. The summed E-state index contributed by atoms with van der Waals surface area (Å²) in [6.07, 6.45) is -2.56. The van der Waals surface area contributed by atoms with Gasteiger partial charge in [-0.05, 0) is 13.3 Å².